The Morgan fingerprint density at radius 3 is 2.62 bits per heavy atom. The standard InChI is InChI=1S/C21H28FN3O6S/c22-17-7-6-16(10-18(17)31-12-15-4-5-15)21(13-30-14-21)24-32(28,29)9-3-1-2-8-25-11-19(26)23-20(25)27/h6-7,10,15,24H,1-5,8-9,11-14H2,(H,23,26,27). The number of carbonyl (C=O) groups excluding carboxylic acids is 2. The first-order valence-corrected chi connectivity index (χ1v) is 12.5. The van der Waals surface area contributed by atoms with Crippen molar-refractivity contribution >= 4 is 22.0 Å². The molecule has 32 heavy (non-hydrogen) atoms. The number of hydrogen-bond acceptors (Lipinski definition) is 6. The fourth-order valence-electron chi connectivity index (χ4n) is 3.78. The number of hydrogen-bond donors (Lipinski definition) is 2. The van der Waals surface area contributed by atoms with Crippen LogP contribution >= 0.6 is 0 Å². The Morgan fingerprint density at radius 2 is 2.00 bits per heavy atom. The van der Waals surface area contributed by atoms with Gasteiger partial charge in [-0.05, 0) is 49.3 Å². The number of imide groups is 1. The zero-order chi connectivity index (χ0) is 22.8. The Hall–Kier alpha value is -2.24. The molecule has 2 saturated heterocycles. The van der Waals surface area contributed by atoms with Gasteiger partial charge in [0, 0.05) is 6.54 Å². The lowest BCUT2D eigenvalue weighted by Crippen LogP contribution is -2.59. The molecule has 2 N–H and O–H groups in total. The van der Waals surface area contributed by atoms with E-state index in [-0.39, 0.29) is 37.2 Å². The number of halogens is 1. The minimum Gasteiger partial charge on any atom is -0.490 e. The van der Waals surface area contributed by atoms with Crippen LogP contribution in [-0.4, -0.2) is 63.9 Å². The quantitative estimate of drug-likeness (QED) is 0.354. The summed E-state index contributed by atoms with van der Waals surface area (Å²) in [7, 11) is -3.62. The minimum absolute atomic E-state index is 0.0469. The van der Waals surface area contributed by atoms with Crippen molar-refractivity contribution in [2.75, 3.05) is 38.7 Å². The Balaban J connectivity index is 1.29. The fraction of sp³-hybridized carbons (Fsp3) is 0.619. The third kappa shape index (κ3) is 5.57. The molecule has 0 radical (unpaired) electrons. The van der Waals surface area contributed by atoms with Gasteiger partial charge in [-0.15, -0.1) is 0 Å². The average molecular weight is 470 g/mol. The van der Waals surface area contributed by atoms with E-state index in [9.17, 15) is 22.4 Å². The largest absolute Gasteiger partial charge is 0.490 e. The van der Waals surface area contributed by atoms with E-state index < -0.39 is 27.4 Å². The van der Waals surface area contributed by atoms with Gasteiger partial charge in [0.15, 0.2) is 11.6 Å². The van der Waals surface area contributed by atoms with E-state index in [1.165, 1.54) is 11.0 Å². The van der Waals surface area contributed by atoms with Gasteiger partial charge in [0.05, 0.1) is 25.6 Å². The molecule has 1 aromatic carbocycles. The summed E-state index contributed by atoms with van der Waals surface area (Å²) in [5.74, 6) is -0.272. The smallest absolute Gasteiger partial charge is 0.324 e. The van der Waals surface area contributed by atoms with E-state index in [1.807, 2.05) is 0 Å². The van der Waals surface area contributed by atoms with Gasteiger partial charge in [0.25, 0.3) is 0 Å². The lowest BCUT2D eigenvalue weighted by atomic mass is 9.89. The molecule has 0 bridgehead atoms. The Bertz CT molecular complexity index is 978. The second-order valence-corrected chi connectivity index (χ2v) is 10.6. The lowest BCUT2D eigenvalue weighted by Gasteiger charge is -2.42. The number of ether oxygens (including phenoxy) is 2. The predicted molar refractivity (Wildman–Crippen MR) is 113 cm³/mol. The van der Waals surface area contributed by atoms with Crippen LogP contribution in [0, 0.1) is 11.7 Å². The van der Waals surface area contributed by atoms with Gasteiger partial charge >= 0.3 is 6.03 Å². The van der Waals surface area contributed by atoms with Gasteiger partial charge < -0.3 is 14.4 Å². The second-order valence-electron chi connectivity index (χ2n) is 8.73. The first-order valence-electron chi connectivity index (χ1n) is 10.9. The summed E-state index contributed by atoms with van der Waals surface area (Å²) in [6, 6.07) is 4.01. The highest BCUT2D eigenvalue weighted by Gasteiger charge is 2.44. The van der Waals surface area contributed by atoms with Gasteiger partial charge in [-0.25, -0.2) is 17.6 Å². The average Bonchev–Trinajstić information content (AvgIpc) is 3.48. The van der Waals surface area contributed by atoms with Crippen molar-refractivity contribution in [3.05, 3.63) is 29.6 Å². The monoisotopic (exact) mass is 469 g/mol. The summed E-state index contributed by atoms with van der Waals surface area (Å²) in [6.07, 6.45) is 3.78. The van der Waals surface area contributed by atoms with Crippen molar-refractivity contribution in [1.82, 2.24) is 14.9 Å². The Kier molecular flexibility index (Phi) is 6.68. The van der Waals surface area contributed by atoms with Gasteiger partial charge in [-0.1, -0.05) is 12.5 Å². The number of carbonyl (C=O) groups is 2. The van der Waals surface area contributed by atoms with Crippen molar-refractivity contribution in [2.24, 2.45) is 5.92 Å². The number of amides is 3. The van der Waals surface area contributed by atoms with E-state index in [4.69, 9.17) is 9.47 Å². The molecule has 9 nitrogen and oxygen atoms in total. The molecule has 11 heteroatoms. The van der Waals surface area contributed by atoms with E-state index in [2.05, 4.69) is 10.0 Å². The summed E-state index contributed by atoms with van der Waals surface area (Å²) in [6.45, 7) is 1.24. The third-order valence-corrected chi connectivity index (χ3v) is 7.44. The zero-order valence-corrected chi connectivity index (χ0v) is 18.6. The van der Waals surface area contributed by atoms with Gasteiger partial charge in [0.1, 0.15) is 12.1 Å². The van der Waals surface area contributed by atoms with Crippen LogP contribution < -0.4 is 14.8 Å². The number of nitrogens with zero attached hydrogens (tertiary/aromatic N) is 1. The third-order valence-electron chi connectivity index (χ3n) is 5.91. The number of benzene rings is 1. The molecule has 2 aliphatic heterocycles. The number of unbranched alkanes of at least 4 members (excludes halogenated alkanes) is 2. The number of rotatable bonds is 12. The molecule has 3 fully saturated rings. The van der Waals surface area contributed by atoms with E-state index in [0.717, 1.165) is 12.8 Å². The molecule has 0 atom stereocenters. The molecule has 4 rings (SSSR count). The van der Waals surface area contributed by atoms with Crippen LogP contribution in [0.4, 0.5) is 9.18 Å². The molecular formula is C21H28FN3O6S. The number of urea groups is 1. The molecule has 2 heterocycles. The SMILES string of the molecule is O=C1CN(CCCCCS(=O)(=O)NC2(c3ccc(F)c(OCC4CC4)c3)COC2)C(=O)N1. The van der Waals surface area contributed by atoms with Crippen LogP contribution in [0.5, 0.6) is 5.75 Å². The topological polar surface area (TPSA) is 114 Å². The summed E-state index contributed by atoms with van der Waals surface area (Å²) in [5, 5.41) is 2.21. The number of sulfonamides is 1. The first kappa shape index (κ1) is 22.9. The maximum absolute atomic E-state index is 14.1. The molecule has 0 aromatic heterocycles. The zero-order valence-electron chi connectivity index (χ0n) is 17.8. The highest BCUT2D eigenvalue weighted by Crippen LogP contribution is 2.35. The van der Waals surface area contributed by atoms with Crippen LogP contribution in [-0.2, 0) is 25.1 Å². The predicted octanol–water partition coefficient (Wildman–Crippen LogP) is 1.48. The number of nitrogens with one attached hydrogen (secondary N) is 2. The Labute approximate surface area is 186 Å². The molecule has 1 aliphatic carbocycles. The summed E-state index contributed by atoms with van der Waals surface area (Å²) in [4.78, 5) is 24.1. The van der Waals surface area contributed by atoms with Crippen molar-refractivity contribution in [2.45, 2.75) is 37.6 Å². The molecule has 176 valence electrons. The molecule has 0 unspecified atom stereocenters. The Morgan fingerprint density at radius 1 is 1.22 bits per heavy atom. The van der Waals surface area contributed by atoms with Gasteiger partial charge in [-0.3, -0.25) is 10.1 Å². The van der Waals surface area contributed by atoms with Crippen molar-refractivity contribution in [1.29, 1.82) is 0 Å². The molecule has 1 aromatic rings. The van der Waals surface area contributed by atoms with Crippen molar-refractivity contribution in [3.8, 4) is 5.75 Å². The summed E-state index contributed by atoms with van der Waals surface area (Å²) < 4.78 is 53.2. The maximum atomic E-state index is 14.1. The fourth-order valence-corrected chi connectivity index (χ4v) is 5.30. The molecule has 3 amide bonds. The second kappa shape index (κ2) is 9.32. The van der Waals surface area contributed by atoms with Crippen molar-refractivity contribution < 1.29 is 31.9 Å². The van der Waals surface area contributed by atoms with Gasteiger partial charge in [-0.2, -0.15) is 4.72 Å². The first-order chi connectivity index (χ1) is 15.3. The summed E-state index contributed by atoms with van der Waals surface area (Å²) >= 11 is 0. The summed E-state index contributed by atoms with van der Waals surface area (Å²) in [5.41, 5.74) is -0.317. The normalized spacial score (nSPS) is 20.2. The van der Waals surface area contributed by atoms with Gasteiger partial charge in [0.2, 0.25) is 15.9 Å². The lowest BCUT2D eigenvalue weighted by molar-refractivity contribution is -0.118. The van der Waals surface area contributed by atoms with Crippen LogP contribution in [0.25, 0.3) is 0 Å². The van der Waals surface area contributed by atoms with Crippen molar-refractivity contribution in [3.63, 3.8) is 0 Å². The molecule has 3 aliphatic rings. The minimum atomic E-state index is -3.62. The highest BCUT2D eigenvalue weighted by molar-refractivity contribution is 7.89. The van der Waals surface area contributed by atoms with E-state index >= 15 is 0 Å². The highest BCUT2D eigenvalue weighted by atomic mass is 32.2. The molecule has 0 spiro atoms. The van der Waals surface area contributed by atoms with E-state index in [0.29, 0.717) is 43.9 Å². The van der Waals surface area contributed by atoms with Crippen LogP contribution in [0.3, 0.4) is 0 Å². The van der Waals surface area contributed by atoms with Crippen LogP contribution in [0.1, 0.15) is 37.7 Å². The van der Waals surface area contributed by atoms with Crippen LogP contribution in [0.15, 0.2) is 18.2 Å². The molecule has 1 saturated carbocycles. The molecular weight excluding hydrogens is 441 g/mol. The van der Waals surface area contributed by atoms with Crippen LogP contribution in [0.2, 0.25) is 0 Å². The van der Waals surface area contributed by atoms with E-state index in [1.54, 1.807) is 12.1 Å². The maximum Gasteiger partial charge on any atom is 0.324 e.